The molecule has 2 heterocycles. The molecular weight excluding hydrogens is 467 g/mol. The van der Waals surface area contributed by atoms with Gasteiger partial charge < -0.3 is 14.4 Å². The van der Waals surface area contributed by atoms with E-state index in [2.05, 4.69) is 6.07 Å². The van der Waals surface area contributed by atoms with Gasteiger partial charge in [-0.1, -0.05) is 48.5 Å². The fourth-order valence-corrected chi connectivity index (χ4v) is 4.33. The second-order valence-electron chi connectivity index (χ2n) is 8.80. The summed E-state index contributed by atoms with van der Waals surface area (Å²) in [5.74, 6) is 0.110. The number of hydrogen-bond acceptors (Lipinski definition) is 3. The maximum atomic E-state index is 13.3. The maximum Gasteiger partial charge on any atom is 0.337 e. The SMILES string of the molecule is Cc1cc(-c2ccc(F)cc2)ccc1COc1ccccc1-c1cccc(-n2ccc(C(=O)O)c2C)n1. The molecule has 5 nitrogen and oxygen atoms in total. The summed E-state index contributed by atoms with van der Waals surface area (Å²) in [5.41, 5.74) is 6.53. The van der Waals surface area contributed by atoms with E-state index in [1.165, 1.54) is 12.1 Å². The second-order valence-corrected chi connectivity index (χ2v) is 8.80. The summed E-state index contributed by atoms with van der Waals surface area (Å²) in [6.45, 7) is 4.18. The molecule has 5 rings (SSSR count). The number of ether oxygens (including phenoxy) is 1. The summed E-state index contributed by atoms with van der Waals surface area (Å²) in [6, 6.07) is 27.5. The molecule has 3 aromatic carbocycles. The number of pyridine rings is 1. The van der Waals surface area contributed by atoms with Crippen LogP contribution in [0.15, 0.2) is 97.2 Å². The minimum Gasteiger partial charge on any atom is -0.488 e. The van der Waals surface area contributed by atoms with Crippen molar-refractivity contribution in [2.45, 2.75) is 20.5 Å². The van der Waals surface area contributed by atoms with Crippen molar-refractivity contribution in [2.24, 2.45) is 0 Å². The fraction of sp³-hybridized carbons (Fsp3) is 0.0968. The molecule has 5 aromatic rings. The molecule has 0 unspecified atom stereocenters. The molecule has 0 fully saturated rings. The first kappa shape index (κ1) is 24.0. The van der Waals surface area contributed by atoms with Crippen molar-refractivity contribution in [2.75, 3.05) is 0 Å². The Hall–Kier alpha value is -4.71. The van der Waals surface area contributed by atoms with Crippen molar-refractivity contribution >= 4 is 5.97 Å². The standard InChI is InChI=1S/C31H25FN2O3/c1-20-18-23(22-12-14-25(32)15-13-22)10-11-24(20)19-37-29-8-4-3-6-27(29)28-7-5-9-30(33-28)34-17-16-26(21(34)2)31(35)36/h3-18H,19H2,1-2H3,(H,35,36). The Morgan fingerprint density at radius 2 is 1.68 bits per heavy atom. The zero-order chi connectivity index (χ0) is 25.9. The first-order valence-electron chi connectivity index (χ1n) is 11.9. The van der Waals surface area contributed by atoms with E-state index >= 15 is 0 Å². The molecule has 0 saturated heterocycles. The van der Waals surface area contributed by atoms with Crippen molar-refractivity contribution in [3.05, 3.63) is 125 Å². The molecule has 6 heteroatoms. The monoisotopic (exact) mass is 492 g/mol. The van der Waals surface area contributed by atoms with Gasteiger partial charge in [-0.15, -0.1) is 0 Å². The second kappa shape index (κ2) is 10.1. The number of carboxylic acids is 1. The topological polar surface area (TPSA) is 64.3 Å². The van der Waals surface area contributed by atoms with Gasteiger partial charge in [0.15, 0.2) is 0 Å². The molecule has 184 valence electrons. The molecule has 0 atom stereocenters. The third kappa shape index (κ3) is 5.00. The average molecular weight is 493 g/mol. The summed E-state index contributed by atoms with van der Waals surface area (Å²) in [7, 11) is 0. The van der Waals surface area contributed by atoms with E-state index in [9.17, 15) is 14.3 Å². The van der Waals surface area contributed by atoms with E-state index in [1.54, 1.807) is 35.9 Å². The smallest absolute Gasteiger partial charge is 0.337 e. The number of carbonyl (C=O) groups is 1. The summed E-state index contributed by atoms with van der Waals surface area (Å²) in [4.78, 5) is 16.2. The maximum absolute atomic E-state index is 13.3. The van der Waals surface area contributed by atoms with Gasteiger partial charge in [0.1, 0.15) is 24.0 Å². The zero-order valence-electron chi connectivity index (χ0n) is 20.5. The van der Waals surface area contributed by atoms with E-state index in [1.807, 2.05) is 61.5 Å². The highest BCUT2D eigenvalue weighted by Crippen LogP contribution is 2.31. The van der Waals surface area contributed by atoms with Crippen molar-refractivity contribution in [1.29, 1.82) is 0 Å². The van der Waals surface area contributed by atoms with Gasteiger partial charge in [0, 0.05) is 17.5 Å². The zero-order valence-corrected chi connectivity index (χ0v) is 20.5. The van der Waals surface area contributed by atoms with Crippen molar-refractivity contribution in [1.82, 2.24) is 9.55 Å². The van der Waals surface area contributed by atoms with Crippen LogP contribution in [0.4, 0.5) is 4.39 Å². The first-order valence-corrected chi connectivity index (χ1v) is 11.9. The lowest BCUT2D eigenvalue weighted by Crippen LogP contribution is -2.03. The van der Waals surface area contributed by atoms with E-state index in [0.29, 0.717) is 23.9 Å². The normalized spacial score (nSPS) is 10.9. The molecule has 0 aliphatic carbocycles. The number of aromatic carboxylic acids is 1. The van der Waals surface area contributed by atoms with Gasteiger partial charge in [-0.2, -0.15) is 0 Å². The molecule has 0 aliphatic heterocycles. The van der Waals surface area contributed by atoms with Gasteiger partial charge in [0.25, 0.3) is 0 Å². The van der Waals surface area contributed by atoms with Gasteiger partial charge in [-0.05, 0) is 78.6 Å². The molecule has 0 radical (unpaired) electrons. The lowest BCUT2D eigenvalue weighted by molar-refractivity contribution is 0.0696. The van der Waals surface area contributed by atoms with Crippen LogP contribution in [0.1, 0.15) is 27.2 Å². The Balaban J connectivity index is 1.39. The van der Waals surface area contributed by atoms with Crippen LogP contribution in [0.25, 0.3) is 28.2 Å². The van der Waals surface area contributed by atoms with Gasteiger partial charge in [0.05, 0.1) is 11.3 Å². The van der Waals surface area contributed by atoms with Gasteiger partial charge in [-0.25, -0.2) is 14.2 Å². The molecular formula is C31H25FN2O3. The van der Waals surface area contributed by atoms with Crippen molar-refractivity contribution < 1.29 is 19.0 Å². The van der Waals surface area contributed by atoms with Gasteiger partial charge in [0.2, 0.25) is 0 Å². The quantitative estimate of drug-likeness (QED) is 0.260. The van der Waals surface area contributed by atoms with Crippen LogP contribution in [0.5, 0.6) is 5.75 Å². The Bertz CT molecular complexity index is 1590. The Kier molecular flexibility index (Phi) is 6.56. The molecule has 0 amide bonds. The van der Waals surface area contributed by atoms with E-state index < -0.39 is 5.97 Å². The first-order chi connectivity index (χ1) is 17.9. The minimum atomic E-state index is -0.966. The van der Waals surface area contributed by atoms with E-state index in [-0.39, 0.29) is 11.4 Å². The summed E-state index contributed by atoms with van der Waals surface area (Å²) < 4.78 is 21.3. The highest BCUT2D eigenvalue weighted by Gasteiger charge is 2.14. The van der Waals surface area contributed by atoms with Crippen molar-refractivity contribution in [3.8, 4) is 34.0 Å². The van der Waals surface area contributed by atoms with Crippen LogP contribution in [0, 0.1) is 19.7 Å². The number of hydrogen-bond donors (Lipinski definition) is 1. The number of rotatable bonds is 7. The number of aromatic nitrogens is 2. The number of para-hydroxylation sites is 1. The molecule has 1 N–H and O–H groups in total. The molecule has 0 bridgehead atoms. The van der Waals surface area contributed by atoms with Crippen molar-refractivity contribution in [3.63, 3.8) is 0 Å². The van der Waals surface area contributed by atoms with E-state index in [0.717, 1.165) is 33.5 Å². The highest BCUT2D eigenvalue weighted by molar-refractivity contribution is 5.89. The predicted molar refractivity (Wildman–Crippen MR) is 142 cm³/mol. The number of aryl methyl sites for hydroxylation is 1. The summed E-state index contributed by atoms with van der Waals surface area (Å²) in [5, 5.41) is 9.39. The van der Waals surface area contributed by atoms with Crippen LogP contribution in [-0.4, -0.2) is 20.6 Å². The summed E-state index contributed by atoms with van der Waals surface area (Å²) in [6.07, 6.45) is 1.71. The largest absolute Gasteiger partial charge is 0.488 e. The average Bonchev–Trinajstić information content (AvgIpc) is 3.30. The molecule has 0 aliphatic rings. The third-order valence-corrected chi connectivity index (χ3v) is 6.42. The minimum absolute atomic E-state index is 0.247. The number of benzene rings is 3. The van der Waals surface area contributed by atoms with Gasteiger partial charge >= 0.3 is 5.97 Å². The summed E-state index contributed by atoms with van der Waals surface area (Å²) >= 11 is 0. The number of nitrogens with zero attached hydrogens (tertiary/aromatic N) is 2. The van der Waals surface area contributed by atoms with Crippen LogP contribution in [0.2, 0.25) is 0 Å². The lowest BCUT2D eigenvalue weighted by atomic mass is 10.00. The molecule has 37 heavy (non-hydrogen) atoms. The third-order valence-electron chi connectivity index (χ3n) is 6.42. The predicted octanol–water partition coefficient (Wildman–Crippen LogP) is 7.24. The van der Waals surface area contributed by atoms with Gasteiger partial charge in [-0.3, -0.25) is 0 Å². The Morgan fingerprint density at radius 3 is 2.41 bits per heavy atom. The Morgan fingerprint density at radius 1 is 0.919 bits per heavy atom. The number of halogens is 1. The van der Waals surface area contributed by atoms with E-state index in [4.69, 9.17) is 9.72 Å². The molecule has 0 spiro atoms. The Labute approximate surface area is 214 Å². The van der Waals surface area contributed by atoms with Crippen LogP contribution in [0.3, 0.4) is 0 Å². The molecule has 0 saturated carbocycles. The van der Waals surface area contributed by atoms with Crippen LogP contribution >= 0.6 is 0 Å². The molecule has 2 aromatic heterocycles. The van der Waals surface area contributed by atoms with Crippen LogP contribution < -0.4 is 4.74 Å². The fourth-order valence-electron chi connectivity index (χ4n) is 4.33. The highest BCUT2D eigenvalue weighted by atomic mass is 19.1. The van der Waals surface area contributed by atoms with Crippen LogP contribution in [-0.2, 0) is 6.61 Å². The lowest BCUT2D eigenvalue weighted by Gasteiger charge is -2.14. The number of carboxylic acid groups (broad SMARTS) is 1.